The first-order valence-corrected chi connectivity index (χ1v) is 8.79. The van der Waals surface area contributed by atoms with Gasteiger partial charge < -0.3 is 14.6 Å². The highest BCUT2D eigenvalue weighted by Crippen LogP contribution is 2.21. The molecular formula is C21H22N2O3. The van der Waals surface area contributed by atoms with E-state index in [9.17, 15) is 9.59 Å². The van der Waals surface area contributed by atoms with Crippen LogP contribution in [0, 0.1) is 25.7 Å². The van der Waals surface area contributed by atoms with Crippen molar-refractivity contribution in [2.45, 2.75) is 33.1 Å². The molecule has 3 rings (SSSR count). The average Bonchev–Trinajstić information content (AvgIpc) is 2.98. The molecule has 0 spiro atoms. The smallest absolute Gasteiger partial charge is 0.255 e. The number of benzene rings is 1. The number of amides is 2. The zero-order chi connectivity index (χ0) is 18.5. The molecule has 5 nitrogen and oxygen atoms in total. The van der Waals surface area contributed by atoms with Crippen LogP contribution in [0.4, 0.5) is 5.69 Å². The van der Waals surface area contributed by atoms with Crippen LogP contribution >= 0.6 is 0 Å². The maximum absolute atomic E-state index is 12.1. The zero-order valence-electron chi connectivity index (χ0n) is 15.1. The number of carbonyl (C=O) groups excluding carboxylic acids is 2. The first-order chi connectivity index (χ1) is 12.5. The van der Waals surface area contributed by atoms with Gasteiger partial charge in [-0.25, -0.2) is 0 Å². The van der Waals surface area contributed by atoms with Gasteiger partial charge in [-0.3, -0.25) is 9.59 Å². The van der Waals surface area contributed by atoms with Crippen molar-refractivity contribution in [1.82, 2.24) is 5.32 Å². The van der Waals surface area contributed by atoms with E-state index in [0.717, 1.165) is 30.6 Å². The highest BCUT2D eigenvalue weighted by molar-refractivity contribution is 5.95. The van der Waals surface area contributed by atoms with Crippen LogP contribution in [0.1, 0.15) is 46.7 Å². The first-order valence-electron chi connectivity index (χ1n) is 8.79. The number of piperidine rings is 1. The Labute approximate surface area is 153 Å². The van der Waals surface area contributed by atoms with Crippen LogP contribution < -0.4 is 10.2 Å². The lowest BCUT2D eigenvalue weighted by atomic mass is 10.1. The second-order valence-corrected chi connectivity index (χ2v) is 6.36. The van der Waals surface area contributed by atoms with Crippen LogP contribution in [0.2, 0.25) is 0 Å². The van der Waals surface area contributed by atoms with E-state index in [-0.39, 0.29) is 18.4 Å². The van der Waals surface area contributed by atoms with Crippen LogP contribution in [0.25, 0.3) is 0 Å². The fraction of sp³-hybridized carbons (Fsp3) is 0.333. The summed E-state index contributed by atoms with van der Waals surface area (Å²) < 4.78 is 5.36. The van der Waals surface area contributed by atoms with E-state index in [1.165, 1.54) is 0 Å². The third-order valence-electron chi connectivity index (χ3n) is 4.36. The van der Waals surface area contributed by atoms with Gasteiger partial charge in [0.1, 0.15) is 11.5 Å². The normalized spacial score (nSPS) is 13.9. The van der Waals surface area contributed by atoms with Crippen molar-refractivity contribution in [1.29, 1.82) is 0 Å². The van der Waals surface area contributed by atoms with Crippen molar-refractivity contribution in [2.24, 2.45) is 0 Å². The molecule has 0 aliphatic carbocycles. The van der Waals surface area contributed by atoms with Gasteiger partial charge in [0.2, 0.25) is 5.91 Å². The predicted molar refractivity (Wildman–Crippen MR) is 100 cm³/mol. The number of aryl methyl sites for hydroxylation is 2. The molecule has 1 aliphatic rings. The first kappa shape index (κ1) is 17.8. The third kappa shape index (κ3) is 4.15. The largest absolute Gasteiger partial charge is 0.466 e. The molecule has 2 heterocycles. The molecule has 1 fully saturated rings. The fourth-order valence-electron chi connectivity index (χ4n) is 3.03. The highest BCUT2D eigenvalue weighted by atomic mass is 16.3. The minimum absolute atomic E-state index is 0.183. The van der Waals surface area contributed by atoms with E-state index in [1.807, 2.05) is 36.1 Å². The van der Waals surface area contributed by atoms with Crippen molar-refractivity contribution in [3.8, 4) is 11.8 Å². The molecule has 134 valence electrons. The van der Waals surface area contributed by atoms with Gasteiger partial charge in [0.15, 0.2) is 0 Å². The summed E-state index contributed by atoms with van der Waals surface area (Å²) in [4.78, 5) is 25.8. The molecular weight excluding hydrogens is 328 g/mol. The molecule has 2 amide bonds. The molecule has 5 heteroatoms. The second-order valence-electron chi connectivity index (χ2n) is 6.36. The van der Waals surface area contributed by atoms with Gasteiger partial charge in [0.25, 0.3) is 5.91 Å². The maximum atomic E-state index is 12.1. The monoisotopic (exact) mass is 350 g/mol. The van der Waals surface area contributed by atoms with Gasteiger partial charge in [0, 0.05) is 24.2 Å². The third-order valence-corrected chi connectivity index (χ3v) is 4.36. The Morgan fingerprint density at radius 1 is 1.23 bits per heavy atom. The minimum Gasteiger partial charge on any atom is -0.466 e. The predicted octanol–water partition coefficient (Wildman–Crippen LogP) is 3.19. The molecule has 1 saturated heterocycles. The van der Waals surface area contributed by atoms with E-state index in [2.05, 4.69) is 17.2 Å². The summed E-state index contributed by atoms with van der Waals surface area (Å²) >= 11 is 0. The molecule has 0 atom stereocenters. The van der Waals surface area contributed by atoms with E-state index < -0.39 is 0 Å². The molecule has 2 aromatic rings. The molecule has 0 bridgehead atoms. The van der Waals surface area contributed by atoms with Crippen LogP contribution in [-0.2, 0) is 4.79 Å². The van der Waals surface area contributed by atoms with Crippen LogP contribution in [0.3, 0.4) is 0 Å². The summed E-state index contributed by atoms with van der Waals surface area (Å²) in [5, 5.41) is 2.77. The van der Waals surface area contributed by atoms with Crippen LogP contribution in [-0.4, -0.2) is 24.9 Å². The van der Waals surface area contributed by atoms with Crippen molar-refractivity contribution < 1.29 is 14.0 Å². The number of nitrogens with zero attached hydrogens (tertiary/aromatic N) is 1. The number of anilines is 1. The lowest BCUT2D eigenvalue weighted by Gasteiger charge is -2.26. The zero-order valence-corrected chi connectivity index (χ0v) is 15.1. The topological polar surface area (TPSA) is 62.6 Å². The molecule has 1 N–H and O–H groups in total. The lowest BCUT2D eigenvalue weighted by Crippen LogP contribution is -2.35. The Bertz CT molecular complexity index is 869. The van der Waals surface area contributed by atoms with Gasteiger partial charge in [0.05, 0.1) is 12.1 Å². The Hall–Kier alpha value is -3.00. The molecule has 1 aromatic heterocycles. The Morgan fingerprint density at radius 3 is 2.65 bits per heavy atom. The Balaban J connectivity index is 1.56. The SMILES string of the molecule is Cc1cc(C(=O)NCC#Cc2ccc(N3CCCCC3=O)cc2)c(C)o1. The van der Waals surface area contributed by atoms with Crippen molar-refractivity contribution in [3.63, 3.8) is 0 Å². The molecule has 1 aromatic carbocycles. The summed E-state index contributed by atoms with van der Waals surface area (Å²) in [6.45, 7) is 4.62. The molecule has 0 radical (unpaired) electrons. The Morgan fingerprint density at radius 2 is 2.00 bits per heavy atom. The number of rotatable bonds is 3. The number of furan rings is 1. The maximum Gasteiger partial charge on any atom is 0.255 e. The van der Waals surface area contributed by atoms with Gasteiger partial charge in [-0.2, -0.15) is 0 Å². The van der Waals surface area contributed by atoms with Gasteiger partial charge >= 0.3 is 0 Å². The second kappa shape index (κ2) is 7.92. The van der Waals surface area contributed by atoms with E-state index in [4.69, 9.17) is 4.42 Å². The quantitative estimate of drug-likeness (QED) is 0.865. The molecule has 1 aliphatic heterocycles. The van der Waals surface area contributed by atoms with Gasteiger partial charge in [-0.05, 0) is 57.0 Å². The summed E-state index contributed by atoms with van der Waals surface area (Å²) in [6, 6.07) is 9.36. The van der Waals surface area contributed by atoms with E-state index in [1.54, 1.807) is 13.0 Å². The van der Waals surface area contributed by atoms with Crippen molar-refractivity contribution in [3.05, 3.63) is 53.0 Å². The lowest BCUT2D eigenvalue weighted by molar-refractivity contribution is -0.119. The number of hydrogen-bond acceptors (Lipinski definition) is 3. The summed E-state index contributed by atoms with van der Waals surface area (Å²) in [6.07, 6.45) is 2.64. The Kier molecular flexibility index (Phi) is 5.43. The van der Waals surface area contributed by atoms with Gasteiger partial charge in [-0.15, -0.1) is 0 Å². The minimum atomic E-state index is -0.187. The van der Waals surface area contributed by atoms with Crippen LogP contribution in [0.15, 0.2) is 34.7 Å². The van der Waals surface area contributed by atoms with E-state index >= 15 is 0 Å². The summed E-state index contributed by atoms with van der Waals surface area (Å²) in [7, 11) is 0. The molecule has 0 unspecified atom stereocenters. The number of nitrogens with one attached hydrogen (secondary N) is 1. The summed E-state index contributed by atoms with van der Waals surface area (Å²) in [5.74, 6) is 7.28. The van der Waals surface area contributed by atoms with Crippen LogP contribution in [0.5, 0.6) is 0 Å². The standard InChI is InChI=1S/C21H22N2O3/c1-15-14-19(16(2)26-15)21(25)22-12-5-6-17-8-10-18(11-9-17)23-13-4-3-7-20(23)24/h8-11,14H,3-4,7,12-13H2,1-2H3,(H,22,25). The number of hydrogen-bond donors (Lipinski definition) is 1. The summed E-state index contributed by atoms with van der Waals surface area (Å²) in [5.41, 5.74) is 2.31. The fourth-order valence-corrected chi connectivity index (χ4v) is 3.03. The molecule has 0 saturated carbocycles. The van der Waals surface area contributed by atoms with Crippen molar-refractivity contribution >= 4 is 17.5 Å². The van der Waals surface area contributed by atoms with E-state index in [0.29, 0.717) is 23.5 Å². The average molecular weight is 350 g/mol. The van der Waals surface area contributed by atoms with Gasteiger partial charge in [-0.1, -0.05) is 11.8 Å². The number of carbonyl (C=O) groups is 2. The van der Waals surface area contributed by atoms with Crippen molar-refractivity contribution in [2.75, 3.05) is 18.0 Å². The molecule has 26 heavy (non-hydrogen) atoms. The highest BCUT2D eigenvalue weighted by Gasteiger charge is 2.19.